The van der Waals surface area contributed by atoms with Crippen LogP contribution in [0.3, 0.4) is 0 Å². The highest BCUT2D eigenvalue weighted by atomic mass is 19.1. The van der Waals surface area contributed by atoms with Crippen LogP contribution in [0.15, 0.2) is 29.4 Å². The van der Waals surface area contributed by atoms with Crippen molar-refractivity contribution in [2.75, 3.05) is 19.6 Å². The molecule has 1 atom stereocenters. The Kier molecular flexibility index (Phi) is 3.87. The first-order valence-corrected chi connectivity index (χ1v) is 7.09. The maximum absolute atomic E-state index is 13.4. The smallest absolute Gasteiger partial charge is 0.165 e. The standard InChI is InChI=1S/C15H19FN2O2/c1-2-11-7-12(20-17-11)8-18-9-13(10-18)19-15-6-4-3-5-14(15)16/h3-6,12-13H,2,7-10H2,1H3/t12-/m0/s1. The second kappa shape index (κ2) is 5.79. The van der Waals surface area contributed by atoms with Crippen molar-refractivity contribution in [1.29, 1.82) is 0 Å². The molecule has 20 heavy (non-hydrogen) atoms. The van der Waals surface area contributed by atoms with Gasteiger partial charge in [0.2, 0.25) is 0 Å². The monoisotopic (exact) mass is 278 g/mol. The Hall–Kier alpha value is -1.62. The molecule has 0 aliphatic carbocycles. The van der Waals surface area contributed by atoms with Crippen LogP contribution in [0.1, 0.15) is 19.8 Å². The van der Waals surface area contributed by atoms with Gasteiger partial charge in [-0.05, 0) is 18.6 Å². The lowest BCUT2D eigenvalue weighted by molar-refractivity contribution is -0.0226. The highest BCUT2D eigenvalue weighted by Gasteiger charge is 2.32. The summed E-state index contributed by atoms with van der Waals surface area (Å²) in [6, 6.07) is 6.53. The zero-order valence-corrected chi connectivity index (χ0v) is 11.6. The molecule has 0 radical (unpaired) electrons. The lowest BCUT2D eigenvalue weighted by atomic mass is 10.1. The maximum Gasteiger partial charge on any atom is 0.165 e. The molecule has 1 fully saturated rings. The summed E-state index contributed by atoms with van der Waals surface area (Å²) in [5.74, 6) is 0.0388. The zero-order chi connectivity index (χ0) is 13.9. The molecule has 108 valence electrons. The quantitative estimate of drug-likeness (QED) is 0.829. The molecule has 3 rings (SSSR count). The van der Waals surface area contributed by atoms with E-state index in [0.717, 1.165) is 38.2 Å². The number of likely N-dealkylation sites (tertiary alicyclic amines) is 1. The van der Waals surface area contributed by atoms with Crippen molar-refractivity contribution in [3.05, 3.63) is 30.1 Å². The predicted octanol–water partition coefficient (Wildman–Crippen LogP) is 2.44. The Morgan fingerprint density at radius 2 is 2.20 bits per heavy atom. The number of hydrogen-bond donors (Lipinski definition) is 0. The summed E-state index contributed by atoms with van der Waals surface area (Å²) in [6.07, 6.45) is 2.11. The van der Waals surface area contributed by atoms with Gasteiger partial charge >= 0.3 is 0 Å². The highest BCUT2D eigenvalue weighted by Crippen LogP contribution is 2.22. The fraction of sp³-hybridized carbons (Fsp3) is 0.533. The van der Waals surface area contributed by atoms with Gasteiger partial charge in [0.1, 0.15) is 12.2 Å². The van der Waals surface area contributed by atoms with Gasteiger partial charge in [-0.15, -0.1) is 0 Å². The fourth-order valence-electron chi connectivity index (χ4n) is 2.55. The summed E-state index contributed by atoms with van der Waals surface area (Å²) in [6.45, 7) is 4.59. The van der Waals surface area contributed by atoms with Gasteiger partial charge in [0.05, 0.1) is 5.71 Å². The van der Waals surface area contributed by atoms with Gasteiger partial charge in [0.15, 0.2) is 11.6 Å². The fourth-order valence-corrected chi connectivity index (χ4v) is 2.55. The molecule has 0 amide bonds. The van der Waals surface area contributed by atoms with E-state index in [1.807, 2.05) is 0 Å². The van der Waals surface area contributed by atoms with Crippen LogP contribution in [0.2, 0.25) is 0 Å². The van der Waals surface area contributed by atoms with E-state index in [9.17, 15) is 4.39 Å². The van der Waals surface area contributed by atoms with Crippen molar-refractivity contribution < 1.29 is 14.0 Å². The van der Waals surface area contributed by atoms with E-state index in [-0.39, 0.29) is 18.0 Å². The summed E-state index contributed by atoms with van der Waals surface area (Å²) in [4.78, 5) is 7.64. The van der Waals surface area contributed by atoms with Crippen LogP contribution in [0, 0.1) is 5.82 Å². The van der Waals surface area contributed by atoms with Crippen molar-refractivity contribution in [2.24, 2.45) is 5.16 Å². The molecule has 0 saturated carbocycles. The predicted molar refractivity (Wildman–Crippen MR) is 74.5 cm³/mol. The number of rotatable bonds is 5. The lowest BCUT2D eigenvalue weighted by Crippen LogP contribution is -2.55. The van der Waals surface area contributed by atoms with Crippen molar-refractivity contribution in [3.8, 4) is 5.75 Å². The molecular formula is C15H19FN2O2. The number of oxime groups is 1. The van der Waals surface area contributed by atoms with Crippen LogP contribution >= 0.6 is 0 Å². The van der Waals surface area contributed by atoms with Crippen LogP contribution in [-0.2, 0) is 4.84 Å². The van der Waals surface area contributed by atoms with E-state index < -0.39 is 0 Å². The molecule has 5 heteroatoms. The van der Waals surface area contributed by atoms with Crippen molar-refractivity contribution in [1.82, 2.24) is 4.90 Å². The van der Waals surface area contributed by atoms with Crippen LogP contribution in [0.25, 0.3) is 0 Å². The molecule has 0 bridgehead atoms. The Morgan fingerprint density at radius 3 is 2.90 bits per heavy atom. The van der Waals surface area contributed by atoms with E-state index in [2.05, 4.69) is 17.0 Å². The van der Waals surface area contributed by atoms with Crippen LogP contribution < -0.4 is 4.74 Å². The third-order valence-corrected chi connectivity index (χ3v) is 3.72. The number of hydrogen-bond acceptors (Lipinski definition) is 4. The Balaban J connectivity index is 1.40. The van der Waals surface area contributed by atoms with E-state index in [4.69, 9.17) is 9.57 Å². The minimum Gasteiger partial charge on any atom is -0.485 e. The molecule has 2 heterocycles. The first kappa shape index (κ1) is 13.4. The third-order valence-electron chi connectivity index (χ3n) is 3.72. The molecule has 0 unspecified atom stereocenters. The SMILES string of the molecule is CCC1=NO[C@H](CN2CC(Oc3ccccc3F)C2)C1. The minimum atomic E-state index is -0.300. The molecular weight excluding hydrogens is 259 g/mol. The molecule has 0 N–H and O–H groups in total. The average molecular weight is 278 g/mol. The molecule has 1 saturated heterocycles. The van der Waals surface area contributed by atoms with Crippen molar-refractivity contribution in [2.45, 2.75) is 32.0 Å². The van der Waals surface area contributed by atoms with Crippen molar-refractivity contribution >= 4 is 5.71 Å². The normalized spacial score (nSPS) is 23.1. The number of para-hydroxylation sites is 1. The molecule has 2 aliphatic rings. The summed E-state index contributed by atoms with van der Waals surface area (Å²) in [5.41, 5.74) is 1.13. The molecule has 0 aromatic heterocycles. The summed E-state index contributed by atoms with van der Waals surface area (Å²) >= 11 is 0. The molecule has 4 nitrogen and oxygen atoms in total. The Bertz CT molecular complexity index is 500. The first-order valence-electron chi connectivity index (χ1n) is 7.09. The number of ether oxygens (including phenoxy) is 1. The van der Waals surface area contributed by atoms with Gasteiger partial charge < -0.3 is 9.57 Å². The lowest BCUT2D eigenvalue weighted by Gasteiger charge is -2.39. The highest BCUT2D eigenvalue weighted by molar-refractivity contribution is 5.85. The maximum atomic E-state index is 13.4. The van der Waals surface area contributed by atoms with E-state index in [1.165, 1.54) is 6.07 Å². The summed E-state index contributed by atoms with van der Waals surface area (Å²) in [7, 11) is 0. The van der Waals surface area contributed by atoms with Gasteiger partial charge in [0.25, 0.3) is 0 Å². The topological polar surface area (TPSA) is 34.1 Å². The number of nitrogens with zero attached hydrogens (tertiary/aromatic N) is 2. The molecule has 1 aromatic carbocycles. The van der Waals surface area contributed by atoms with Gasteiger partial charge in [0, 0.05) is 26.1 Å². The summed E-state index contributed by atoms with van der Waals surface area (Å²) < 4.78 is 19.1. The third kappa shape index (κ3) is 2.93. The number of halogens is 1. The largest absolute Gasteiger partial charge is 0.485 e. The van der Waals surface area contributed by atoms with Crippen LogP contribution in [0.5, 0.6) is 5.75 Å². The van der Waals surface area contributed by atoms with Crippen LogP contribution in [0.4, 0.5) is 4.39 Å². The molecule has 0 spiro atoms. The number of benzene rings is 1. The van der Waals surface area contributed by atoms with Gasteiger partial charge in [-0.2, -0.15) is 0 Å². The Labute approximate surface area is 118 Å². The van der Waals surface area contributed by atoms with E-state index in [1.54, 1.807) is 18.2 Å². The van der Waals surface area contributed by atoms with Crippen LogP contribution in [-0.4, -0.2) is 42.5 Å². The van der Waals surface area contributed by atoms with Gasteiger partial charge in [-0.1, -0.05) is 24.2 Å². The second-order valence-corrected chi connectivity index (χ2v) is 5.33. The first-order chi connectivity index (χ1) is 9.74. The van der Waals surface area contributed by atoms with Gasteiger partial charge in [-0.25, -0.2) is 4.39 Å². The van der Waals surface area contributed by atoms with Crippen molar-refractivity contribution in [3.63, 3.8) is 0 Å². The second-order valence-electron chi connectivity index (χ2n) is 5.33. The zero-order valence-electron chi connectivity index (χ0n) is 11.6. The van der Waals surface area contributed by atoms with E-state index in [0.29, 0.717) is 5.75 Å². The molecule has 1 aromatic rings. The summed E-state index contributed by atoms with van der Waals surface area (Å²) in [5, 5.41) is 4.05. The Morgan fingerprint density at radius 1 is 1.40 bits per heavy atom. The van der Waals surface area contributed by atoms with E-state index >= 15 is 0 Å². The van der Waals surface area contributed by atoms with Gasteiger partial charge in [-0.3, -0.25) is 4.90 Å². The molecule has 2 aliphatic heterocycles. The average Bonchev–Trinajstić information content (AvgIpc) is 2.86. The minimum absolute atomic E-state index is 0.0693.